The van der Waals surface area contributed by atoms with Crippen LogP contribution in [0.25, 0.3) is 0 Å². The smallest absolute Gasteiger partial charge is 0.0594 e. The predicted octanol–water partition coefficient (Wildman–Crippen LogP) is 2.84. The van der Waals surface area contributed by atoms with Crippen LogP contribution < -0.4 is 5.32 Å². The molecule has 0 bridgehead atoms. The maximum atomic E-state index is 5.25. The number of ether oxygens (including phenoxy) is 1. The summed E-state index contributed by atoms with van der Waals surface area (Å²) in [7, 11) is 2.19. The summed E-state index contributed by atoms with van der Waals surface area (Å²) >= 11 is 0. The number of hydrogen-bond donors (Lipinski definition) is 1. The van der Waals surface area contributed by atoms with Crippen molar-refractivity contribution in [3.63, 3.8) is 0 Å². The van der Waals surface area contributed by atoms with Gasteiger partial charge in [0.25, 0.3) is 0 Å². The minimum absolute atomic E-state index is 0.323. The molecule has 3 rings (SSSR count). The zero-order valence-corrected chi connectivity index (χ0v) is 22.7. The molecule has 0 spiro atoms. The second-order valence-corrected chi connectivity index (χ2v) is 12.1. The van der Waals surface area contributed by atoms with Gasteiger partial charge >= 0.3 is 0 Å². The number of hydrogen-bond acceptors (Lipinski definition) is 6. The molecule has 6 heteroatoms. The fourth-order valence-corrected chi connectivity index (χ4v) is 4.05. The van der Waals surface area contributed by atoms with Crippen LogP contribution in [0.5, 0.6) is 0 Å². The van der Waals surface area contributed by atoms with Gasteiger partial charge in [-0.3, -0.25) is 14.7 Å². The summed E-state index contributed by atoms with van der Waals surface area (Å²) in [5, 5.41) is 3.35. The Kier molecular flexibility index (Phi) is 11.9. The lowest BCUT2D eigenvalue weighted by Gasteiger charge is -2.41. The van der Waals surface area contributed by atoms with Gasteiger partial charge in [-0.15, -0.1) is 0 Å². The van der Waals surface area contributed by atoms with Crippen LogP contribution in [0.1, 0.15) is 62.3 Å². The molecule has 0 radical (unpaired) electrons. The first-order chi connectivity index (χ1) is 14.2. The van der Waals surface area contributed by atoms with Gasteiger partial charge in [-0.2, -0.15) is 0 Å². The molecule has 0 aromatic heterocycles. The SMILES string of the molecule is CC(C)(C)N1CCNCC1.CC(C)(C)N1CCOCC1.CN1CCN(C(C)(C)C)CC1. The summed E-state index contributed by atoms with van der Waals surface area (Å²) in [6.45, 7) is 34.0. The number of rotatable bonds is 0. The monoisotopic (exact) mass is 441 g/mol. The number of piperazine rings is 2. The highest BCUT2D eigenvalue weighted by Gasteiger charge is 2.24. The molecule has 0 aromatic carbocycles. The van der Waals surface area contributed by atoms with Crippen LogP contribution in [0.15, 0.2) is 0 Å². The van der Waals surface area contributed by atoms with E-state index < -0.39 is 0 Å². The lowest BCUT2D eigenvalue weighted by Crippen LogP contribution is -2.52. The van der Waals surface area contributed by atoms with Crippen molar-refractivity contribution in [2.45, 2.75) is 78.9 Å². The number of nitrogens with zero attached hydrogens (tertiary/aromatic N) is 4. The highest BCUT2D eigenvalue weighted by molar-refractivity contribution is 4.81. The fourth-order valence-electron chi connectivity index (χ4n) is 4.05. The van der Waals surface area contributed by atoms with E-state index in [1.165, 1.54) is 39.3 Å². The highest BCUT2D eigenvalue weighted by atomic mass is 16.5. The minimum Gasteiger partial charge on any atom is -0.379 e. The molecule has 0 aliphatic carbocycles. The molecule has 0 aromatic rings. The Hall–Kier alpha value is -0.240. The van der Waals surface area contributed by atoms with Gasteiger partial charge in [-0.1, -0.05) is 0 Å². The average molecular weight is 442 g/mol. The van der Waals surface area contributed by atoms with E-state index in [9.17, 15) is 0 Å². The van der Waals surface area contributed by atoms with Crippen molar-refractivity contribution in [2.24, 2.45) is 0 Å². The molecule has 3 aliphatic rings. The molecule has 186 valence electrons. The van der Waals surface area contributed by atoms with Crippen LogP contribution in [0.3, 0.4) is 0 Å². The Balaban J connectivity index is 0.000000233. The van der Waals surface area contributed by atoms with Gasteiger partial charge in [0, 0.05) is 82.1 Å². The number of nitrogens with one attached hydrogen (secondary N) is 1. The van der Waals surface area contributed by atoms with Crippen LogP contribution in [-0.4, -0.2) is 122 Å². The van der Waals surface area contributed by atoms with E-state index in [1.807, 2.05) is 0 Å². The van der Waals surface area contributed by atoms with Crippen molar-refractivity contribution < 1.29 is 4.74 Å². The highest BCUT2D eigenvalue weighted by Crippen LogP contribution is 2.15. The molecule has 3 saturated heterocycles. The van der Waals surface area contributed by atoms with E-state index in [1.54, 1.807) is 0 Å². The summed E-state index contributed by atoms with van der Waals surface area (Å²) in [6.07, 6.45) is 0. The molecule has 0 saturated carbocycles. The van der Waals surface area contributed by atoms with Crippen molar-refractivity contribution in [3.05, 3.63) is 0 Å². The molecule has 3 fully saturated rings. The Morgan fingerprint density at radius 3 is 1.19 bits per heavy atom. The second-order valence-electron chi connectivity index (χ2n) is 12.1. The molecular formula is C25H55N5O. The maximum absolute atomic E-state index is 5.25. The van der Waals surface area contributed by atoms with E-state index in [4.69, 9.17) is 4.74 Å². The molecule has 0 amide bonds. The molecule has 1 N–H and O–H groups in total. The molecule has 3 aliphatic heterocycles. The van der Waals surface area contributed by atoms with E-state index in [0.29, 0.717) is 16.6 Å². The fraction of sp³-hybridized carbons (Fsp3) is 1.00. The predicted molar refractivity (Wildman–Crippen MR) is 135 cm³/mol. The van der Waals surface area contributed by atoms with Crippen molar-refractivity contribution in [3.8, 4) is 0 Å². The first-order valence-corrected chi connectivity index (χ1v) is 12.4. The summed E-state index contributed by atoms with van der Waals surface area (Å²) in [5.74, 6) is 0. The standard InChI is InChI=1S/C9H20N2.C8H18N2.C8H17NO/c1-9(2,3)11-7-5-10(4)6-8-11;1-8(2,3)10-6-4-9-5-7-10;1-8(2,3)9-4-6-10-7-5-9/h5-8H2,1-4H3;9H,4-7H2,1-3H3;4-7H2,1-3H3. The topological polar surface area (TPSA) is 34.2 Å². The average Bonchev–Trinajstić information content (AvgIpc) is 2.69. The Bertz CT molecular complexity index is 430. The Labute approximate surface area is 194 Å². The summed E-state index contributed by atoms with van der Waals surface area (Å²) in [4.78, 5) is 9.91. The lowest BCUT2D eigenvalue weighted by molar-refractivity contribution is -0.00389. The third kappa shape index (κ3) is 12.0. The molecule has 6 nitrogen and oxygen atoms in total. The molecule has 0 atom stereocenters. The van der Waals surface area contributed by atoms with Gasteiger partial charge in [0.05, 0.1) is 13.2 Å². The summed E-state index contributed by atoms with van der Waals surface area (Å²) in [6, 6.07) is 0. The van der Waals surface area contributed by atoms with Crippen molar-refractivity contribution in [2.75, 3.05) is 85.7 Å². The number of morpholine rings is 1. The third-order valence-electron chi connectivity index (χ3n) is 6.48. The zero-order valence-electron chi connectivity index (χ0n) is 22.7. The molecule has 0 unspecified atom stereocenters. The quantitative estimate of drug-likeness (QED) is 0.623. The first kappa shape index (κ1) is 28.8. The van der Waals surface area contributed by atoms with Gasteiger partial charge in [-0.05, 0) is 69.4 Å². The molecule has 3 heterocycles. The Morgan fingerprint density at radius 2 is 0.871 bits per heavy atom. The number of likely N-dealkylation sites (N-methyl/N-ethyl adjacent to an activating group) is 1. The first-order valence-electron chi connectivity index (χ1n) is 12.4. The Morgan fingerprint density at radius 1 is 0.516 bits per heavy atom. The van der Waals surface area contributed by atoms with Crippen LogP contribution in [0, 0.1) is 0 Å². The van der Waals surface area contributed by atoms with Gasteiger partial charge < -0.3 is 15.0 Å². The summed E-state index contributed by atoms with van der Waals surface area (Å²) < 4.78 is 5.25. The lowest BCUT2D eigenvalue weighted by atomic mass is 10.1. The van der Waals surface area contributed by atoms with E-state index in [0.717, 1.165) is 39.4 Å². The van der Waals surface area contributed by atoms with Gasteiger partial charge in [0.15, 0.2) is 0 Å². The maximum Gasteiger partial charge on any atom is 0.0594 e. The minimum atomic E-state index is 0.323. The van der Waals surface area contributed by atoms with Crippen LogP contribution in [0.4, 0.5) is 0 Å². The molecule has 31 heavy (non-hydrogen) atoms. The zero-order chi connectivity index (χ0) is 23.7. The van der Waals surface area contributed by atoms with Crippen LogP contribution >= 0.6 is 0 Å². The van der Waals surface area contributed by atoms with Crippen molar-refractivity contribution in [1.29, 1.82) is 0 Å². The third-order valence-corrected chi connectivity index (χ3v) is 6.48. The van der Waals surface area contributed by atoms with E-state index in [2.05, 4.69) is 94.3 Å². The normalized spacial score (nSPS) is 23.4. The van der Waals surface area contributed by atoms with Crippen LogP contribution in [0.2, 0.25) is 0 Å². The van der Waals surface area contributed by atoms with Crippen molar-refractivity contribution >= 4 is 0 Å². The van der Waals surface area contributed by atoms with E-state index >= 15 is 0 Å². The largest absolute Gasteiger partial charge is 0.379 e. The molecular weight excluding hydrogens is 386 g/mol. The summed E-state index contributed by atoms with van der Waals surface area (Å²) in [5.41, 5.74) is 1.05. The van der Waals surface area contributed by atoms with Gasteiger partial charge in [0.2, 0.25) is 0 Å². The van der Waals surface area contributed by atoms with Gasteiger partial charge in [0.1, 0.15) is 0 Å². The van der Waals surface area contributed by atoms with Crippen LogP contribution in [-0.2, 0) is 4.74 Å². The van der Waals surface area contributed by atoms with Gasteiger partial charge in [-0.25, -0.2) is 0 Å². The van der Waals surface area contributed by atoms with Crippen molar-refractivity contribution in [1.82, 2.24) is 24.9 Å². The van der Waals surface area contributed by atoms with E-state index in [-0.39, 0.29) is 0 Å². The second kappa shape index (κ2) is 12.9.